The van der Waals surface area contributed by atoms with Crippen molar-refractivity contribution in [2.45, 2.75) is 51.0 Å². The topological polar surface area (TPSA) is 57.7 Å². The highest BCUT2D eigenvalue weighted by molar-refractivity contribution is 7.89. The Kier molecular flexibility index (Phi) is 5.21. The highest BCUT2D eigenvalue weighted by atomic mass is 32.2. The van der Waals surface area contributed by atoms with Crippen LogP contribution in [0.15, 0.2) is 29.2 Å². The van der Waals surface area contributed by atoms with Gasteiger partial charge in [-0.05, 0) is 50.2 Å². The third-order valence-corrected chi connectivity index (χ3v) is 7.22. The molecule has 0 N–H and O–H groups in total. The summed E-state index contributed by atoms with van der Waals surface area (Å²) in [6.45, 7) is 8.13. The lowest BCUT2D eigenvalue weighted by atomic mass is 9.91. The van der Waals surface area contributed by atoms with Gasteiger partial charge in [0, 0.05) is 19.6 Å². The van der Waals surface area contributed by atoms with Crippen molar-refractivity contribution in [3.63, 3.8) is 0 Å². The molecule has 2 aliphatic heterocycles. The average Bonchev–Trinajstić information content (AvgIpc) is 3.04. The number of piperidine rings is 1. The van der Waals surface area contributed by atoms with E-state index in [0.29, 0.717) is 24.8 Å². The molecule has 0 unspecified atom stereocenters. The lowest BCUT2D eigenvalue weighted by molar-refractivity contribution is -0.137. The minimum atomic E-state index is -3.63. The van der Waals surface area contributed by atoms with Gasteiger partial charge in [0.05, 0.1) is 4.90 Å². The van der Waals surface area contributed by atoms with E-state index in [0.717, 1.165) is 31.5 Å². The molecule has 2 heterocycles. The van der Waals surface area contributed by atoms with Gasteiger partial charge in [-0.15, -0.1) is 0 Å². The smallest absolute Gasteiger partial charge is 0.243 e. The van der Waals surface area contributed by atoms with E-state index in [-0.39, 0.29) is 10.8 Å². The number of benzene rings is 1. The molecule has 3 rings (SSSR count). The van der Waals surface area contributed by atoms with Crippen LogP contribution in [0.1, 0.15) is 38.7 Å². The van der Waals surface area contributed by atoms with E-state index in [4.69, 9.17) is 0 Å². The Hall–Kier alpha value is -1.40. The number of hydrogen-bond acceptors (Lipinski definition) is 3. The molecule has 0 saturated carbocycles. The molecule has 5 nitrogen and oxygen atoms in total. The molecule has 0 spiro atoms. The van der Waals surface area contributed by atoms with Crippen LogP contribution in [-0.2, 0) is 14.8 Å². The number of carbonyl (C=O) groups excluding carboxylic acids is 1. The molecule has 2 aliphatic rings. The normalized spacial score (nSPS) is 28.3. The van der Waals surface area contributed by atoms with E-state index < -0.39 is 16.1 Å². The molecule has 1 aromatic carbocycles. The van der Waals surface area contributed by atoms with Crippen molar-refractivity contribution in [1.82, 2.24) is 9.21 Å². The van der Waals surface area contributed by atoms with Gasteiger partial charge < -0.3 is 4.90 Å². The lowest BCUT2D eigenvalue weighted by Crippen LogP contribution is -2.51. The molecule has 138 valence electrons. The van der Waals surface area contributed by atoms with E-state index in [1.54, 1.807) is 24.3 Å². The Bertz CT molecular complexity index is 720. The fourth-order valence-corrected chi connectivity index (χ4v) is 5.82. The van der Waals surface area contributed by atoms with Crippen LogP contribution in [0.5, 0.6) is 0 Å². The molecular weight excluding hydrogens is 336 g/mol. The van der Waals surface area contributed by atoms with Gasteiger partial charge in [-0.2, -0.15) is 4.31 Å². The summed E-state index contributed by atoms with van der Waals surface area (Å²) in [6.07, 6.45) is 2.48. The molecule has 25 heavy (non-hydrogen) atoms. The molecule has 6 heteroatoms. The molecule has 1 amide bonds. The number of carbonyl (C=O) groups is 1. The van der Waals surface area contributed by atoms with Gasteiger partial charge in [0.2, 0.25) is 15.9 Å². The van der Waals surface area contributed by atoms with Crippen LogP contribution in [0.25, 0.3) is 0 Å². The van der Waals surface area contributed by atoms with Crippen molar-refractivity contribution in [1.29, 1.82) is 0 Å². The maximum absolute atomic E-state index is 13.1. The minimum absolute atomic E-state index is 0.0217. The summed E-state index contributed by atoms with van der Waals surface area (Å²) < 4.78 is 27.5. The molecule has 3 atom stereocenters. The van der Waals surface area contributed by atoms with Crippen molar-refractivity contribution in [2.24, 2.45) is 11.8 Å². The summed E-state index contributed by atoms with van der Waals surface area (Å²) in [5.41, 5.74) is 1.02. The Morgan fingerprint density at radius 2 is 1.68 bits per heavy atom. The zero-order valence-corrected chi connectivity index (χ0v) is 16.1. The molecule has 1 aromatic rings. The molecule has 0 bridgehead atoms. The first-order chi connectivity index (χ1) is 11.8. The SMILES string of the molecule is Cc1ccc(S(=O)(=O)N2CCC[C@@H]2C(=O)N2C[C@H](C)C[C@H](C)C2)cc1. The zero-order valence-electron chi connectivity index (χ0n) is 15.3. The van der Waals surface area contributed by atoms with Gasteiger partial charge in [-0.25, -0.2) is 8.42 Å². The quantitative estimate of drug-likeness (QED) is 0.828. The maximum Gasteiger partial charge on any atom is 0.243 e. The van der Waals surface area contributed by atoms with Crippen molar-refractivity contribution in [3.8, 4) is 0 Å². The van der Waals surface area contributed by atoms with Crippen LogP contribution in [-0.4, -0.2) is 49.2 Å². The summed E-state index contributed by atoms with van der Waals surface area (Å²) in [6, 6.07) is 6.32. The Morgan fingerprint density at radius 1 is 1.08 bits per heavy atom. The van der Waals surface area contributed by atoms with Crippen LogP contribution in [0.3, 0.4) is 0 Å². The van der Waals surface area contributed by atoms with Gasteiger partial charge >= 0.3 is 0 Å². The van der Waals surface area contributed by atoms with E-state index in [1.165, 1.54) is 4.31 Å². The molecule has 0 aromatic heterocycles. The van der Waals surface area contributed by atoms with Crippen LogP contribution < -0.4 is 0 Å². The van der Waals surface area contributed by atoms with Crippen LogP contribution >= 0.6 is 0 Å². The second-order valence-electron chi connectivity index (χ2n) is 7.78. The lowest BCUT2D eigenvalue weighted by Gasteiger charge is -2.37. The number of amides is 1. The maximum atomic E-state index is 13.1. The van der Waals surface area contributed by atoms with Gasteiger partial charge in [-0.1, -0.05) is 31.5 Å². The second-order valence-corrected chi connectivity index (χ2v) is 9.67. The molecule has 2 fully saturated rings. The molecule has 0 radical (unpaired) electrons. The summed E-state index contributed by atoms with van der Waals surface area (Å²) in [7, 11) is -3.63. The van der Waals surface area contributed by atoms with Crippen molar-refractivity contribution in [3.05, 3.63) is 29.8 Å². The Labute approximate surface area is 151 Å². The fourth-order valence-electron chi connectivity index (χ4n) is 4.17. The first-order valence-electron chi connectivity index (χ1n) is 9.16. The standard InChI is InChI=1S/C19H28N2O3S/c1-14-6-8-17(9-7-14)25(23,24)21-10-4-5-18(21)19(22)20-12-15(2)11-16(3)13-20/h6-9,15-16,18H,4-5,10-13H2,1-3H3/t15-,16+,18-/m1/s1. The second kappa shape index (κ2) is 7.08. The zero-order chi connectivity index (χ0) is 18.2. The van der Waals surface area contributed by atoms with E-state index in [2.05, 4.69) is 13.8 Å². The minimum Gasteiger partial charge on any atom is -0.341 e. The third kappa shape index (κ3) is 3.75. The van der Waals surface area contributed by atoms with E-state index >= 15 is 0 Å². The molecule has 0 aliphatic carbocycles. The highest BCUT2D eigenvalue weighted by Gasteiger charge is 2.42. The van der Waals surface area contributed by atoms with Crippen molar-refractivity contribution < 1.29 is 13.2 Å². The van der Waals surface area contributed by atoms with Crippen LogP contribution in [0.2, 0.25) is 0 Å². The van der Waals surface area contributed by atoms with Gasteiger partial charge in [0.1, 0.15) is 6.04 Å². The summed E-state index contributed by atoms with van der Waals surface area (Å²) >= 11 is 0. The Balaban J connectivity index is 1.82. The van der Waals surface area contributed by atoms with Crippen molar-refractivity contribution in [2.75, 3.05) is 19.6 Å². The molecular formula is C19H28N2O3S. The first kappa shape index (κ1) is 18.4. The molecule has 2 saturated heterocycles. The summed E-state index contributed by atoms with van der Waals surface area (Å²) in [4.78, 5) is 15.2. The monoisotopic (exact) mass is 364 g/mol. The van der Waals surface area contributed by atoms with Gasteiger partial charge in [0.25, 0.3) is 0 Å². The third-order valence-electron chi connectivity index (χ3n) is 5.30. The predicted octanol–water partition coefficient (Wildman–Crippen LogP) is 2.65. The number of sulfonamides is 1. The van der Waals surface area contributed by atoms with Crippen LogP contribution in [0.4, 0.5) is 0 Å². The summed E-state index contributed by atoms with van der Waals surface area (Å²) in [5, 5.41) is 0. The van der Waals surface area contributed by atoms with E-state index in [1.807, 2.05) is 11.8 Å². The number of rotatable bonds is 3. The predicted molar refractivity (Wildman–Crippen MR) is 97.6 cm³/mol. The number of hydrogen-bond donors (Lipinski definition) is 0. The number of likely N-dealkylation sites (tertiary alicyclic amines) is 1. The fraction of sp³-hybridized carbons (Fsp3) is 0.632. The Morgan fingerprint density at radius 3 is 2.28 bits per heavy atom. The highest BCUT2D eigenvalue weighted by Crippen LogP contribution is 2.29. The largest absolute Gasteiger partial charge is 0.341 e. The number of nitrogens with zero attached hydrogens (tertiary/aromatic N) is 2. The van der Waals surface area contributed by atoms with Crippen LogP contribution in [0, 0.1) is 18.8 Å². The summed E-state index contributed by atoms with van der Waals surface area (Å²) in [5.74, 6) is 0.916. The van der Waals surface area contributed by atoms with Gasteiger partial charge in [-0.3, -0.25) is 4.79 Å². The van der Waals surface area contributed by atoms with Gasteiger partial charge in [0.15, 0.2) is 0 Å². The van der Waals surface area contributed by atoms with Crippen molar-refractivity contribution >= 4 is 15.9 Å². The first-order valence-corrected chi connectivity index (χ1v) is 10.6. The van der Waals surface area contributed by atoms with E-state index in [9.17, 15) is 13.2 Å². The average molecular weight is 365 g/mol. The number of aryl methyl sites for hydroxylation is 1.